The Morgan fingerprint density at radius 3 is 2.82 bits per heavy atom. The van der Waals surface area contributed by atoms with Crippen molar-refractivity contribution in [2.24, 2.45) is 0 Å². The molecule has 1 aliphatic heterocycles. The summed E-state index contributed by atoms with van der Waals surface area (Å²) in [5, 5.41) is 0.858. The second-order valence-electron chi connectivity index (χ2n) is 8.07. The first-order valence-corrected chi connectivity index (χ1v) is 11.2. The van der Waals surface area contributed by atoms with Gasteiger partial charge in [-0.2, -0.15) is 0 Å². The lowest BCUT2D eigenvalue weighted by atomic mass is 10.1. The molecule has 0 spiro atoms. The fourth-order valence-electron chi connectivity index (χ4n) is 4.44. The number of rotatable bonds is 3. The number of anilines is 1. The van der Waals surface area contributed by atoms with E-state index in [0.717, 1.165) is 60.9 Å². The maximum absolute atomic E-state index is 13.7. The van der Waals surface area contributed by atoms with E-state index in [0.29, 0.717) is 6.54 Å². The van der Waals surface area contributed by atoms with Crippen LogP contribution in [-0.2, 0) is 19.4 Å². The molecule has 0 aromatic carbocycles. The van der Waals surface area contributed by atoms with E-state index in [1.807, 2.05) is 16.7 Å². The van der Waals surface area contributed by atoms with Gasteiger partial charge < -0.3 is 14.2 Å². The number of aromatic nitrogens is 2. The van der Waals surface area contributed by atoms with Gasteiger partial charge in [-0.15, -0.1) is 11.3 Å². The van der Waals surface area contributed by atoms with Gasteiger partial charge in [0.1, 0.15) is 10.6 Å². The van der Waals surface area contributed by atoms with Crippen molar-refractivity contribution in [3.05, 3.63) is 45.0 Å². The Morgan fingerprint density at radius 2 is 2.04 bits per heavy atom. The number of piperazine rings is 1. The number of nitrogens with one attached hydrogen (secondary N) is 1. The SMILES string of the molecule is C[NH+]1CCN(c2nc3sc4c(c3c(=O)n2Cc2ccco2)CCCCC4)CC1. The summed E-state index contributed by atoms with van der Waals surface area (Å²) in [6, 6.07) is 3.81. The second kappa shape index (κ2) is 7.37. The van der Waals surface area contributed by atoms with Gasteiger partial charge in [0.2, 0.25) is 5.95 Å². The lowest BCUT2D eigenvalue weighted by Gasteiger charge is -2.32. The topological polar surface area (TPSA) is 55.7 Å². The molecule has 7 heteroatoms. The Balaban J connectivity index is 1.67. The van der Waals surface area contributed by atoms with Gasteiger partial charge in [-0.25, -0.2) is 4.98 Å². The van der Waals surface area contributed by atoms with Crippen molar-refractivity contribution >= 4 is 27.5 Å². The van der Waals surface area contributed by atoms with Crippen LogP contribution in [0.25, 0.3) is 10.2 Å². The highest BCUT2D eigenvalue weighted by Crippen LogP contribution is 2.34. The van der Waals surface area contributed by atoms with Crippen LogP contribution in [0.1, 0.15) is 35.5 Å². The number of hydrogen-bond donors (Lipinski definition) is 1. The van der Waals surface area contributed by atoms with Gasteiger partial charge in [0.15, 0.2) is 0 Å². The highest BCUT2D eigenvalue weighted by molar-refractivity contribution is 7.18. The van der Waals surface area contributed by atoms with Gasteiger partial charge in [-0.3, -0.25) is 9.36 Å². The quantitative estimate of drug-likeness (QED) is 0.681. The van der Waals surface area contributed by atoms with E-state index in [2.05, 4.69) is 11.9 Å². The zero-order valence-electron chi connectivity index (χ0n) is 16.4. The number of fused-ring (bicyclic) bond motifs is 3. The number of thiophene rings is 1. The molecule has 0 radical (unpaired) electrons. The van der Waals surface area contributed by atoms with Gasteiger partial charge in [-0.05, 0) is 43.4 Å². The van der Waals surface area contributed by atoms with E-state index >= 15 is 0 Å². The Labute approximate surface area is 168 Å². The van der Waals surface area contributed by atoms with Crippen LogP contribution < -0.4 is 15.4 Å². The molecule has 1 aliphatic carbocycles. The van der Waals surface area contributed by atoms with Crippen molar-refractivity contribution < 1.29 is 9.32 Å². The van der Waals surface area contributed by atoms with Crippen molar-refractivity contribution in [3.63, 3.8) is 0 Å². The molecule has 0 saturated carbocycles. The number of quaternary nitrogens is 1. The fraction of sp³-hybridized carbons (Fsp3) is 0.524. The standard InChI is InChI=1S/C21H26N4O2S/c1-23-9-11-24(12-10-23)21-22-19-18(16-7-3-2-4-8-17(16)28-19)20(26)25(21)14-15-6-5-13-27-15/h5-6,13H,2-4,7-12,14H2,1H3/p+1. The lowest BCUT2D eigenvalue weighted by Crippen LogP contribution is -3.12. The minimum Gasteiger partial charge on any atom is -0.467 e. The average molecular weight is 400 g/mol. The zero-order valence-corrected chi connectivity index (χ0v) is 17.2. The van der Waals surface area contributed by atoms with Gasteiger partial charge in [0.25, 0.3) is 5.56 Å². The maximum Gasteiger partial charge on any atom is 0.264 e. The molecule has 3 aromatic rings. The molecule has 0 bridgehead atoms. The Kier molecular flexibility index (Phi) is 4.72. The Bertz CT molecular complexity index is 1030. The molecule has 148 valence electrons. The minimum absolute atomic E-state index is 0.0991. The van der Waals surface area contributed by atoms with E-state index < -0.39 is 0 Å². The Morgan fingerprint density at radius 1 is 1.21 bits per heavy atom. The van der Waals surface area contributed by atoms with Crippen LogP contribution in [0.2, 0.25) is 0 Å². The fourth-order valence-corrected chi connectivity index (χ4v) is 5.68. The molecule has 5 rings (SSSR count). The van der Waals surface area contributed by atoms with Crippen molar-refractivity contribution in [1.82, 2.24) is 9.55 Å². The third-order valence-electron chi connectivity index (χ3n) is 6.10. The smallest absolute Gasteiger partial charge is 0.264 e. The lowest BCUT2D eigenvalue weighted by molar-refractivity contribution is -0.880. The van der Waals surface area contributed by atoms with Crippen LogP contribution in [-0.4, -0.2) is 42.8 Å². The number of aryl methyl sites for hydroxylation is 2. The molecular formula is C21H27N4O2S+. The molecule has 1 saturated heterocycles. The molecule has 1 fully saturated rings. The van der Waals surface area contributed by atoms with Gasteiger partial charge >= 0.3 is 0 Å². The first-order chi connectivity index (χ1) is 13.7. The summed E-state index contributed by atoms with van der Waals surface area (Å²) in [6.45, 7) is 4.42. The van der Waals surface area contributed by atoms with Crippen LogP contribution in [0.3, 0.4) is 0 Å². The van der Waals surface area contributed by atoms with Crippen LogP contribution in [0, 0.1) is 0 Å². The summed E-state index contributed by atoms with van der Waals surface area (Å²) in [6.07, 6.45) is 7.39. The van der Waals surface area contributed by atoms with Crippen molar-refractivity contribution in [1.29, 1.82) is 0 Å². The first kappa shape index (κ1) is 17.9. The summed E-state index contributed by atoms with van der Waals surface area (Å²) < 4.78 is 7.42. The molecule has 6 nitrogen and oxygen atoms in total. The van der Waals surface area contributed by atoms with E-state index in [-0.39, 0.29) is 5.56 Å². The summed E-state index contributed by atoms with van der Waals surface area (Å²) in [7, 11) is 2.22. The van der Waals surface area contributed by atoms with Crippen LogP contribution >= 0.6 is 11.3 Å². The molecule has 0 unspecified atom stereocenters. The molecule has 2 aliphatic rings. The highest BCUT2D eigenvalue weighted by atomic mass is 32.1. The third kappa shape index (κ3) is 3.16. The number of hydrogen-bond acceptors (Lipinski definition) is 5. The summed E-state index contributed by atoms with van der Waals surface area (Å²) >= 11 is 1.74. The van der Waals surface area contributed by atoms with Gasteiger partial charge in [0.05, 0.1) is 51.4 Å². The average Bonchev–Trinajstić information content (AvgIpc) is 3.27. The van der Waals surface area contributed by atoms with Crippen molar-refractivity contribution in [2.75, 3.05) is 38.1 Å². The van der Waals surface area contributed by atoms with E-state index in [4.69, 9.17) is 9.40 Å². The van der Waals surface area contributed by atoms with Crippen molar-refractivity contribution in [2.45, 2.75) is 38.6 Å². The molecule has 28 heavy (non-hydrogen) atoms. The zero-order chi connectivity index (χ0) is 19.1. The summed E-state index contributed by atoms with van der Waals surface area (Å²) in [4.78, 5) is 24.8. The van der Waals surface area contributed by atoms with Crippen molar-refractivity contribution in [3.8, 4) is 0 Å². The second-order valence-corrected chi connectivity index (χ2v) is 9.15. The molecule has 3 aromatic heterocycles. The van der Waals surface area contributed by atoms with Crippen LogP contribution in [0.4, 0.5) is 5.95 Å². The summed E-state index contributed by atoms with van der Waals surface area (Å²) in [5.74, 6) is 1.60. The largest absolute Gasteiger partial charge is 0.467 e. The summed E-state index contributed by atoms with van der Waals surface area (Å²) in [5.41, 5.74) is 1.36. The van der Waals surface area contributed by atoms with Crippen LogP contribution in [0.15, 0.2) is 27.6 Å². The third-order valence-corrected chi connectivity index (χ3v) is 7.28. The predicted molar refractivity (Wildman–Crippen MR) is 112 cm³/mol. The maximum atomic E-state index is 13.7. The molecule has 0 amide bonds. The molecule has 4 heterocycles. The molecular weight excluding hydrogens is 372 g/mol. The van der Waals surface area contributed by atoms with E-state index in [1.165, 1.54) is 34.6 Å². The normalized spacial score (nSPS) is 18.4. The number of likely N-dealkylation sites (N-methyl/N-ethyl adjacent to an activating group) is 1. The Hall–Kier alpha value is -2.12. The van der Waals surface area contributed by atoms with E-state index in [9.17, 15) is 4.79 Å². The monoisotopic (exact) mass is 399 g/mol. The molecule has 0 atom stereocenters. The first-order valence-electron chi connectivity index (χ1n) is 10.3. The van der Waals surface area contributed by atoms with Crippen LogP contribution in [0.5, 0.6) is 0 Å². The molecule has 1 N–H and O–H groups in total. The number of nitrogens with zero attached hydrogens (tertiary/aromatic N) is 3. The number of furan rings is 1. The highest BCUT2D eigenvalue weighted by Gasteiger charge is 2.26. The van der Waals surface area contributed by atoms with Gasteiger partial charge in [0, 0.05) is 4.88 Å². The minimum atomic E-state index is 0.0991. The van der Waals surface area contributed by atoms with Gasteiger partial charge in [-0.1, -0.05) is 6.42 Å². The predicted octanol–water partition coefficient (Wildman–Crippen LogP) is 1.70. The van der Waals surface area contributed by atoms with E-state index in [1.54, 1.807) is 17.6 Å².